The highest BCUT2D eigenvalue weighted by atomic mass is 32.2. The Kier molecular flexibility index (Phi) is 3.24. The number of hydrogen-bond donors (Lipinski definition) is 1. The molecule has 2 nitrogen and oxygen atoms in total. The summed E-state index contributed by atoms with van der Waals surface area (Å²) in [5, 5.41) is 3.58. The van der Waals surface area contributed by atoms with E-state index in [0.717, 1.165) is 21.9 Å². The predicted octanol–water partition coefficient (Wildman–Crippen LogP) is 4.61. The first-order valence-electron chi connectivity index (χ1n) is 6.39. The normalized spacial score (nSPS) is 11.4. The molecule has 0 atom stereocenters. The number of para-hydroxylation sites is 1. The summed E-state index contributed by atoms with van der Waals surface area (Å²) in [7, 11) is 0. The summed E-state index contributed by atoms with van der Waals surface area (Å²) >= 11 is 1.84. The van der Waals surface area contributed by atoms with E-state index in [1.807, 2.05) is 11.8 Å². The van der Waals surface area contributed by atoms with Crippen LogP contribution >= 0.6 is 11.8 Å². The number of fused-ring (bicyclic) bond motifs is 3. The summed E-state index contributed by atoms with van der Waals surface area (Å²) in [6.45, 7) is 2.22. The first-order valence-corrected chi connectivity index (χ1v) is 7.37. The lowest BCUT2D eigenvalue weighted by molar-refractivity contribution is 0.895. The van der Waals surface area contributed by atoms with E-state index in [1.165, 1.54) is 23.6 Å². The third-order valence-electron chi connectivity index (χ3n) is 3.09. The maximum atomic E-state index is 4.69. The number of hydrogen-bond acceptors (Lipinski definition) is 2. The van der Waals surface area contributed by atoms with Gasteiger partial charge in [-0.2, -0.15) is 0 Å². The Bertz CT molecular complexity index is 672. The number of aromatic nitrogens is 2. The SMILES string of the molecule is CCCCSc1ccc2c(n1)[nH]c1ccccc12. The molecular weight excluding hydrogens is 240 g/mol. The Morgan fingerprint density at radius 3 is 2.89 bits per heavy atom. The molecule has 0 fully saturated rings. The van der Waals surface area contributed by atoms with Gasteiger partial charge in [0.2, 0.25) is 0 Å². The van der Waals surface area contributed by atoms with Crippen molar-refractivity contribution in [3.63, 3.8) is 0 Å². The summed E-state index contributed by atoms with van der Waals surface area (Å²) in [4.78, 5) is 8.08. The second kappa shape index (κ2) is 5.02. The van der Waals surface area contributed by atoms with Crippen LogP contribution in [-0.2, 0) is 0 Å². The molecule has 2 heterocycles. The van der Waals surface area contributed by atoms with Crippen LogP contribution in [-0.4, -0.2) is 15.7 Å². The van der Waals surface area contributed by atoms with Gasteiger partial charge in [-0.1, -0.05) is 31.5 Å². The van der Waals surface area contributed by atoms with Crippen LogP contribution in [0, 0.1) is 0 Å². The highest BCUT2D eigenvalue weighted by Crippen LogP contribution is 2.26. The van der Waals surface area contributed by atoms with Gasteiger partial charge in [0.25, 0.3) is 0 Å². The summed E-state index contributed by atoms with van der Waals surface area (Å²) in [5.41, 5.74) is 2.16. The van der Waals surface area contributed by atoms with Crippen molar-refractivity contribution in [1.29, 1.82) is 0 Å². The summed E-state index contributed by atoms with van der Waals surface area (Å²) in [6.07, 6.45) is 2.48. The van der Waals surface area contributed by atoms with E-state index in [4.69, 9.17) is 4.98 Å². The quantitative estimate of drug-likeness (QED) is 0.545. The molecule has 2 aromatic heterocycles. The molecular formula is C15H16N2S. The minimum absolute atomic E-state index is 0.998. The van der Waals surface area contributed by atoms with E-state index in [9.17, 15) is 0 Å². The molecule has 0 aliphatic rings. The number of aromatic amines is 1. The largest absolute Gasteiger partial charge is 0.339 e. The molecule has 3 rings (SSSR count). The van der Waals surface area contributed by atoms with Gasteiger partial charge in [-0.3, -0.25) is 0 Å². The fourth-order valence-electron chi connectivity index (χ4n) is 2.11. The average molecular weight is 256 g/mol. The van der Waals surface area contributed by atoms with Gasteiger partial charge in [0.15, 0.2) is 0 Å². The van der Waals surface area contributed by atoms with Crippen LogP contribution in [0.5, 0.6) is 0 Å². The molecule has 0 aliphatic heterocycles. The topological polar surface area (TPSA) is 28.7 Å². The molecule has 0 aliphatic carbocycles. The second-order valence-corrected chi connectivity index (χ2v) is 5.53. The Labute approximate surface area is 111 Å². The minimum Gasteiger partial charge on any atom is -0.339 e. The number of nitrogens with one attached hydrogen (secondary N) is 1. The van der Waals surface area contributed by atoms with Crippen molar-refractivity contribution < 1.29 is 0 Å². The van der Waals surface area contributed by atoms with Crippen molar-refractivity contribution >= 4 is 33.7 Å². The molecule has 3 aromatic rings. The molecule has 0 radical (unpaired) electrons. The number of thioether (sulfide) groups is 1. The van der Waals surface area contributed by atoms with E-state index in [1.54, 1.807) is 0 Å². The molecule has 0 bridgehead atoms. The molecule has 0 amide bonds. The van der Waals surface area contributed by atoms with Gasteiger partial charge in [0, 0.05) is 16.3 Å². The van der Waals surface area contributed by atoms with Crippen LogP contribution in [0.15, 0.2) is 41.4 Å². The maximum absolute atomic E-state index is 4.69. The lowest BCUT2D eigenvalue weighted by atomic mass is 10.2. The van der Waals surface area contributed by atoms with E-state index in [-0.39, 0.29) is 0 Å². The number of unbranched alkanes of at least 4 members (excludes halogenated alkanes) is 1. The van der Waals surface area contributed by atoms with Crippen LogP contribution in [0.25, 0.3) is 21.9 Å². The zero-order valence-electron chi connectivity index (χ0n) is 10.4. The first kappa shape index (κ1) is 11.6. The van der Waals surface area contributed by atoms with Crippen LogP contribution in [0.4, 0.5) is 0 Å². The molecule has 0 saturated heterocycles. The van der Waals surface area contributed by atoms with Crippen LogP contribution in [0.3, 0.4) is 0 Å². The van der Waals surface area contributed by atoms with Crippen LogP contribution in [0.2, 0.25) is 0 Å². The van der Waals surface area contributed by atoms with Gasteiger partial charge in [0.05, 0.1) is 5.03 Å². The van der Waals surface area contributed by atoms with Gasteiger partial charge in [-0.25, -0.2) is 4.98 Å². The van der Waals surface area contributed by atoms with Crippen molar-refractivity contribution in [3.8, 4) is 0 Å². The molecule has 92 valence electrons. The van der Waals surface area contributed by atoms with Gasteiger partial charge < -0.3 is 4.98 Å². The minimum atomic E-state index is 0.998. The van der Waals surface area contributed by atoms with Gasteiger partial charge in [-0.05, 0) is 30.4 Å². The molecule has 0 unspecified atom stereocenters. The number of pyridine rings is 1. The Morgan fingerprint density at radius 2 is 2.00 bits per heavy atom. The van der Waals surface area contributed by atoms with Crippen molar-refractivity contribution in [2.24, 2.45) is 0 Å². The number of rotatable bonds is 4. The van der Waals surface area contributed by atoms with Crippen LogP contribution < -0.4 is 0 Å². The predicted molar refractivity (Wildman–Crippen MR) is 79.2 cm³/mol. The third-order valence-corrected chi connectivity index (χ3v) is 4.10. The second-order valence-electron chi connectivity index (χ2n) is 4.42. The van der Waals surface area contributed by atoms with Crippen molar-refractivity contribution in [2.45, 2.75) is 24.8 Å². The lowest BCUT2D eigenvalue weighted by Crippen LogP contribution is -1.83. The molecule has 18 heavy (non-hydrogen) atoms. The summed E-state index contributed by atoms with van der Waals surface area (Å²) in [5.74, 6) is 1.15. The third kappa shape index (κ3) is 2.10. The van der Waals surface area contributed by atoms with E-state index < -0.39 is 0 Å². The standard InChI is InChI=1S/C15H16N2S/c1-2-3-10-18-14-9-8-12-11-6-4-5-7-13(11)16-15(12)17-14/h4-9H,2-3,10H2,1H3,(H,16,17). The van der Waals surface area contributed by atoms with Gasteiger partial charge >= 0.3 is 0 Å². The zero-order valence-corrected chi connectivity index (χ0v) is 11.3. The lowest BCUT2D eigenvalue weighted by Gasteiger charge is -1.99. The van der Waals surface area contributed by atoms with Gasteiger partial charge in [-0.15, -0.1) is 11.8 Å². The smallest absolute Gasteiger partial charge is 0.139 e. The maximum Gasteiger partial charge on any atom is 0.139 e. The zero-order chi connectivity index (χ0) is 12.4. The van der Waals surface area contributed by atoms with Crippen molar-refractivity contribution in [3.05, 3.63) is 36.4 Å². The van der Waals surface area contributed by atoms with Crippen molar-refractivity contribution in [2.75, 3.05) is 5.75 Å². The van der Waals surface area contributed by atoms with Gasteiger partial charge in [0.1, 0.15) is 5.65 Å². The Morgan fingerprint density at radius 1 is 1.11 bits per heavy atom. The molecule has 3 heteroatoms. The van der Waals surface area contributed by atoms with Crippen LogP contribution in [0.1, 0.15) is 19.8 Å². The highest BCUT2D eigenvalue weighted by Gasteiger charge is 2.05. The Hall–Kier alpha value is -1.48. The van der Waals surface area contributed by atoms with E-state index >= 15 is 0 Å². The van der Waals surface area contributed by atoms with E-state index in [0.29, 0.717) is 0 Å². The Balaban J connectivity index is 1.99. The van der Waals surface area contributed by atoms with Crippen molar-refractivity contribution in [1.82, 2.24) is 9.97 Å². The van der Waals surface area contributed by atoms with E-state index in [2.05, 4.69) is 48.3 Å². The number of benzene rings is 1. The highest BCUT2D eigenvalue weighted by molar-refractivity contribution is 7.99. The summed E-state index contributed by atoms with van der Waals surface area (Å²) < 4.78 is 0. The summed E-state index contributed by atoms with van der Waals surface area (Å²) in [6, 6.07) is 12.7. The molecule has 1 N–H and O–H groups in total. The fourth-order valence-corrected chi connectivity index (χ4v) is 3.07. The monoisotopic (exact) mass is 256 g/mol. The number of H-pyrrole nitrogens is 1. The first-order chi connectivity index (χ1) is 8.88. The molecule has 0 spiro atoms. The fraction of sp³-hybridized carbons (Fsp3) is 0.267. The average Bonchev–Trinajstić information content (AvgIpc) is 2.76. The molecule has 0 saturated carbocycles. The molecule has 1 aromatic carbocycles. The number of nitrogens with zero attached hydrogens (tertiary/aromatic N) is 1.